The van der Waals surface area contributed by atoms with Gasteiger partial charge in [-0.1, -0.05) is 13.0 Å². The molecule has 1 unspecified atom stereocenters. The van der Waals surface area contributed by atoms with Crippen molar-refractivity contribution in [1.82, 2.24) is 5.01 Å². The number of hydrogen-bond donors (Lipinski definition) is 1. The molecule has 0 aliphatic carbocycles. The Labute approximate surface area is 111 Å². The maximum Gasteiger partial charge on any atom is 0.438 e. The largest absolute Gasteiger partial charge is 0.438 e. The van der Waals surface area contributed by atoms with Crippen LogP contribution < -0.4 is 0 Å². The third-order valence-electron chi connectivity index (χ3n) is 2.83. The molecule has 2 heterocycles. The minimum Gasteiger partial charge on any atom is -0.362 e. The zero-order chi connectivity index (χ0) is 14.3. The summed E-state index contributed by atoms with van der Waals surface area (Å²) in [5.41, 5.74) is -3.11. The Morgan fingerprint density at radius 3 is 2.79 bits per heavy atom. The number of rotatable bonds is 2. The van der Waals surface area contributed by atoms with Gasteiger partial charge in [-0.05, 0) is 17.9 Å². The summed E-state index contributed by atoms with van der Waals surface area (Å²) in [6.45, 7) is 1.62. The molecule has 1 N–H and O–H groups in total. The fourth-order valence-corrected chi connectivity index (χ4v) is 2.40. The Morgan fingerprint density at radius 2 is 2.32 bits per heavy atom. The van der Waals surface area contributed by atoms with Gasteiger partial charge in [0.05, 0.1) is 4.88 Å². The fourth-order valence-electron chi connectivity index (χ4n) is 1.75. The van der Waals surface area contributed by atoms with Crippen molar-refractivity contribution < 1.29 is 23.1 Å². The standard InChI is InChI=1S/C11H11F3N2O2S/c1-2-7-6-10(18,11(12,13)14)16(15-7)9(17)8-4-3-5-19-8/h3-5,18H,2,6H2,1H3. The van der Waals surface area contributed by atoms with Crippen LogP contribution in [0.2, 0.25) is 0 Å². The Hall–Kier alpha value is -1.41. The first kappa shape index (κ1) is 14.0. The lowest BCUT2D eigenvalue weighted by Gasteiger charge is -2.32. The molecule has 104 valence electrons. The van der Waals surface area contributed by atoms with E-state index in [1.807, 2.05) is 0 Å². The summed E-state index contributed by atoms with van der Waals surface area (Å²) in [6.07, 6.45) is -5.42. The van der Waals surface area contributed by atoms with Crippen LogP contribution >= 0.6 is 11.3 Å². The number of hydrogen-bond acceptors (Lipinski definition) is 4. The van der Waals surface area contributed by atoms with E-state index in [1.165, 1.54) is 6.07 Å². The van der Waals surface area contributed by atoms with Crippen LogP contribution in [0, 0.1) is 0 Å². The van der Waals surface area contributed by atoms with Gasteiger partial charge in [0.15, 0.2) is 0 Å². The quantitative estimate of drug-likeness (QED) is 0.911. The SMILES string of the molecule is CCC1=NN(C(=O)c2cccs2)C(O)(C(F)(F)F)C1. The highest BCUT2D eigenvalue weighted by atomic mass is 32.1. The van der Waals surface area contributed by atoms with Crippen LogP contribution in [0.4, 0.5) is 13.2 Å². The molecule has 4 nitrogen and oxygen atoms in total. The van der Waals surface area contributed by atoms with E-state index in [4.69, 9.17) is 0 Å². The molecule has 0 saturated carbocycles. The summed E-state index contributed by atoms with van der Waals surface area (Å²) < 4.78 is 39.0. The van der Waals surface area contributed by atoms with Crippen molar-refractivity contribution >= 4 is 23.0 Å². The molecule has 8 heteroatoms. The number of carbonyl (C=O) groups excluding carboxylic acids is 1. The van der Waals surface area contributed by atoms with Crippen LogP contribution in [-0.4, -0.2) is 33.6 Å². The first-order valence-corrected chi connectivity index (χ1v) is 6.41. The third kappa shape index (κ3) is 2.25. The van der Waals surface area contributed by atoms with E-state index < -0.39 is 24.2 Å². The molecule has 0 fully saturated rings. The minimum absolute atomic E-state index is 0.101. The van der Waals surface area contributed by atoms with E-state index in [-0.39, 0.29) is 22.0 Å². The molecule has 19 heavy (non-hydrogen) atoms. The molecule has 1 aliphatic rings. The second kappa shape index (κ2) is 4.61. The molecule has 2 rings (SSSR count). The highest BCUT2D eigenvalue weighted by Gasteiger charge is 2.63. The number of hydrazone groups is 1. The highest BCUT2D eigenvalue weighted by Crippen LogP contribution is 2.41. The predicted octanol–water partition coefficient (Wildman–Crippen LogP) is 2.61. The van der Waals surface area contributed by atoms with Crippen molar-refractivity contribution in [3.05, 3.63) is 22.4 Å². The molecule has 1 aromatic heterocycles. The molecule has 0 radical (unpaired) electrons. The summed E-state index contributed by atoms with van der Waals surface area (Å²) in [4.78, 5) is 12.1. The maximum absolute atomic E-state index is 13.0. The highest BCUT2D eigenvalue weighted by molar-refractivity contribution is 7.12. The first-order chi connectivity index (χ1) is 8.79. The zero-order valence-electron chi connectivity index (χ0n) is 9.94. The van der Waals surface area contributed by atoms with Crippen molar-refractivity contribution in [1.29, 1.82) is 0 Å². The van der Waals surface area contributed by atoms with Crippen LogP contribution in [0.1, 0.15) is 29.4 Å². The minimum atomic E-state index is -4.96. The Balaban J connectivity index is 2.40. The molecule has 1 atom stereocenters. The number of thiophene rings is 1. The number of amides is 1. The van der Waals surface area contributed by atoms with Gasteiger partial charge in [0.2, 0.25) is 0 Å². The molecule has 0 saturated heterocycles. The predicted molar refractivity (Wildman–Crippen MR) is 63.8 cm³/mol. The normalized spacial score (nSPS) is 23.6. The first-order valence-electron chi connectivity index (χ1n) is 5.53. The van der Waals surface area contributed by atoms with E-state index >= 15 is 0 Å². The van der Waals surface area contributed by atoms with Crippen LogP contribution in [0.5, 0.6) is 0 Å². The van der Waals surface area contributed by atoms with Gasteiger partial charge in [0, 0.05) is 12.1 Å². The Bertz CT molecular complexity index is 513. The summed E-state index contributed by atoms with van der Waals surface area (Å²) in [6, 6.07) is 2.94. The van der Waals surface area contributed by atoms with Gasteiger partial charge < -0.3 is 5.11 Å². The maximum atomic E-state index is 13.0. The average Bonchev–Trinajstić information content (AvgIpc) is 2.94. The second-order valence-corrected chi connectivity index (χ2v) is 5.05. The molecular weight excluding hydrogens is 281 g/mol. The van der Waals surface area contributed by atoms with E-state index in [2.05, 4.69) is 5.10 Å². The lowest BCUT2D eigenvalue weighted by molar-refractivity contribution is -0.297. The van der Waals surface area contributed by atoms with Gasteiger partial charge in [-0.15, -0.1) is 11.3 Å². The number of nitrogens with zero attached hydrogens (tertiary/aromatic N) is 2. The van der Waals surface area contributed by atoms with Gasteiger partial charge in [-0.2, -0.15) is 23.3 Å². The molecule has 0 aromatic carbocycles. The topological polar surface area (TPSA) is 52.9 Å². The molecule has 1 aromatic rings. The molecule has 1 aliphatic heterocycles. The summed E-state index contributed by atoms with van der Waals surface area (Å²) in [5, 5.41) is 15.2. The number of carbonyl (C=O) groups is 1. The van der Waals surface area contributed by atoms with Crippen molar-refractivity contribution in [2.45, 2.75) is 31.7 Å². The van der Waals surface area contributed by atoms with Crippen LogP contribution in [0.3, 0.4) is 0 Å². The van der Waals surface area contributed by atoms with Crippen LogP contribution in [0.25, 0.3) is 0 Å². The van der Waals surface area contributed by atoms with Crippen molar-refractivity contribution in [3.63, 3.8) is 0 Å². The third-order valence-corrected chi connectivity index (χ3v) is 3.69. The lowest BCUT2D eigenvalue weighted by atomic mass is 10.1. The molecular formula is C11H11F3N2O2S. The number of alkyl halides is 3. The van der Waals surface area contributed by atoms with Crippen molar-refractivity contribution in [2.24, 2.45) is 5.10 Å². The monoisotopic (exact) mass is 292 g/mol. The Morgan fingerprint density at radius 1 is 1.63 bits per heavy atom. The number of aliphatic hydroxyl groups is 1. The summed E-state index contributed by atoms with van der Waals surface area (Å²) in [5.74, 6) is -0.946. The van der Waals surface area contributed by atoms with E-state index in [0.717, 1.165) is 11.3 Å². The van der Waals surface area contributed by atoms with Gasteiger partial charge in [0.1, 0.15) is 0 Å². The average molecular weight is 292 g/mol. The van der Waals surface area contributed by atoms with E-state index in [0.29, 0.717) is 0 Å². The van der Waals surface area contributed by atoms with E-state index in [9.17, 15) is 23.1 Å². The lowest BCUT2D eigenvalue weighted by Crippen LogP contribution is -2.56. The smallest absolute Gasteiger partial charge is 0.362 e. The summed E-state index contributed by atoms with van der Waals surface area (Å²) in [7, 11) is 0. The van der Waals surface area contributed by atoms with E-state index in [1.54, 1.807) is 18.4 Å². The van der Waals surface area contributed by atoms with Gasteiger partial charge in [-0.3, -0.25) is 4.79 Å². The fraction of sp³-hybridized carbons (Fsp3) is 0.455. The molecule has 0 bridgehead atoms. The van der Waals surface area contributed by atoms with Crippen molar-refractivity contribution in [2.75, 3.05) is 0 Å². The van der Waals surface area contributed by atoms with Crippen LogP contribution in [-0.2, 0) is 0 Å². The van der Waals surface area contributed by atoms with Gasteiger partial charge in [-0.25, -0.2) is 0 Å². The second-order valence-electron chi connectivity index (χ2n) is 4.11. The Kier molecular flexibility index (Phi) is 3.40. The zero-order valence-corrected chi connectivity index (χ0v) is 10.8. The van der Waals surface area contributed by atoms with Gasteiger partial charge >= 0.3 is 6.18 Å². The summed E-state index contributed by atoms with van der Waals surface area (Å²) >= 11 is 0.999. The molecule has 0 spiro atoms. The number of halogens is 3. The molecule has 1 amide bonds. The van der Waals surface area contributed by atoms with Gasteiger partial charge in [0.25, 0.3) is 11.6 Å². The van der Waals surface area contributed by atoms with Crippen molar-refractivity contribution in [3.8, 4) is 0 Å². The van der Waals surface area contributed by atoms with Crippen LogP contribution in [0.15, 0.2) is 22.6 Å².